The third kappa shape index (κ3) is 2.79. The van der Waals surface area contributed by atoms with E-state index in [1.54, 1.807) is 0 Å². The molecule has 0 unspecified atom stereocenters. The molecule has 0 atom stereocenters. The maximum atomic E-state index is 12.0. The number of methoxy groups -OCH3 is 1. The van der Waals surface area contributed by atoms with E-state index >= 15 is 0 Å². The van der Waals surface area contributed by atoms with Gasteiger partial charge in [0, 0.05) is 17.8 Å². The molecule has 0 amide bonds. The standard InChI is InChI=1S/C17H22N2O2/c1-4-5-11-19-12(2)14(17(20)21-3)15(18)16(19)13-9-7-6-8-10-13/h6-10H,4-5,11,18H2,1-3H3. The van der Waals surface area contributed by atoms with Crippen molar-refractivity contribution in [2.45, 2.75) is 33.2 Å². The molecule has 0 saturated carbocycles. The van der Waals surface area contributed by atoms with Crippen LogP contribution in [0.1, 0.15) is 35.8 Å². The van der Waals surface area contributed by atoms with Gasteiger partial charge in [0.2, 0.25) is 0 Å². The summed E-state index contributed by atoms with van der Waals surface area (Å²) in [5, 5.41) is 0. The van der Waals surface area contributed by atoms with Crippen molar-refractivity contribution < 1.29 is 9.53 Å². The molecule has 0 aliphatic heterocycles. The van der Waals surface area contributed by atoms with Crippen molar-refractivity contribution in [1.82, 2.24) is 4.57 Å². The first-order valence-corrected chi connectivity index (χ1v) is 7.24. The Morgan fingerprint density at radius 1 is 1.29 bits per heavy atom. The van der Waals surface area contributed by atoms with Gasteiger partial charge in [0.05, 0.1) is 18.5 Å². The average molecular weight is 286 g/mol. The first kappa shape index (κ1) is 15.2. The number of nitrogens with two attached hydrogens (primary N) is 1. The van der Waals surface area contributed by atoms with Gasteiger partial charge in [0.1, 0.15) is 5.56 Å². The maximum Gasteiger partial charge on any atom is 0.341 e. The quantitative estimate of drug-likeness (QED) is 0.854. The van der Waals surface area contributed by atoms with E-state index in [1.165, 1.54) is 7.11 Å². The number of nitrogen functional groups attached to an aromatic ring is 1. The second-order valence-electron chi connectivity index (χ2n) is 5.09. The minimum atomic E-state index is -0.377. The summed E-state index contributed by atoms with van der Waals surface area (Å²) in [6.45, 7) is 4.91. The normalized spacial score (nSPS) is 10.6. The number of nitrogens with zero attached hydrogens (tertiary/aromatic N) is 1. The number of hydrogen-bond acceptors (Lipinski definition) is 3. The molecule has 112 valence electrons. The summed E-state index contributed by atoms with van der Waals surface area (Å²) >= 11 is 0. The molecule has 2 N–H and O–H groups in total. The smallest absolute Gasteiger partial charge is 0.341 e. The lowest BCUT2D eigenvalue weighted by Gasteiger charge is -2.11. The molecule has 1 heterocycles. The van der Waals surface area contributed by atoms with E-state index in [0.717, 1.165) is 36.3 Å². The Morgan fingerprint density at radius 3 is 2.52 bits per heavy atom. The van der Waals surface area contributed by atoms with Gasteiger partial charge in [-0.15, -0.1) is 0 Å². The molecule has 2 rings (SSSR count). The van der Waals surface area contributed by atoms with Gasteiger partial charge in [0.15, 0.2) is 0 Å². The van der Waals surface area contributed by atoms with E-state index in [4.69, 9.17) is 10.5 Å². The number of ether oxygens (including phenoxy) is 1. The molecule has 0 fully saturated rings. The van der Waals surface area contributed by atoms with Gasteiger partial charge in [-0.2, -0.15) is 0 Å². The van der Waals surface area contributed by atoms with Crippen molar-refractivity contribution in [3.63, 3.8) is 0 Å². The number of anilines is 1. The predicted molar refractivity (Wildman–Crippen MR) is 85.3 cm³/mol. The Hall–Kier alpha value is -2.23. The zero-order chi connectivity index (χ0) is 15.4. The van der Waals surface area contributed by atoms with Crippen LogP contribution in [0.4, 0.5) is 5.69 Å². The van der Waals surface area contributed by atoms with Gasteiger partial charge < -0.3 is 15.0 Å². The van der Waals surface area contributed by atoms with Crippen molar-refractivity contribution in [1.29, 1.82) is 0 Å². The monoisotopic (exact) mass is 286 g/mol. The average Bonchev–Trinajstić information content (AvgIpc) is 2.76. The van der Waals surface area contributed by atoms with Crippen LogP contribution in [0, 0.1) is 6.92 Å². The number of rotatable bonds is 5. The molecule has 0 bridgehead atoms. The third-order valence-corrected chi connectivity index (χ3v) is 3.73. The first-order valence-electron chi connectivity index (χ1n) is 7.24. The van der Waals surface area contributed by atoms with Crippen molar-refractivity contribution in [3.8, 4) is 11.3 Å². The highest BCUT2D eigenvalue weighted by atomic mass is 16.5. The summed E-state index contributed by atoms with van der Waals surface area (Å²) in [6.07, 6.45) is 2.12. The fourth-order valence-corrected chi connectivity index (χ4v) is 2.62. The second kappa shape index (κ2) is 6.48. The lowest BCUT2D eigenvalue weighted by molar-refractivity contribution is 0.0601. The molecule has 21 heavy (non-hydrogen) atoms. The minimum absolute atomic E-state index is 0.377. The van der Waals surface area contributed by atoms with E-state index in [-0.39, 0.29) is 5.97 Å². The largest absolute Gasteiger partial charge is 0.465 e. The molecule has 2 aromatic rings. The van der Waals surface area contributed by atoms with Gasteiger partial charge in [-0.25, -0.2) is 4.79 Å². The van der Waals surface area contributed by atoms with Crippen LogP contribution in [0.3, 0.4) is 0 Å². The molecule has 0 spiro atoms. The van der Waals surface area contributed by atoms with Crippen LogP contribution in [-0.2, 0) is 11.3 Å². The summed E-state index contributed by atoms with van der Waals surface area (Å²) < 4.78 is 7.00. The summed E-state index contributed by atoms with van der Waals surface area (Å²) in [5.74, 6) is -0.377. The number of unbranched alkanes of at least 4 members (excludes halogenated alkanes) is 1. The van der Waals surface area contributed by atoms with Crippen molar-refractivity contribution in [2.75, 3.05) is 12.8 Å². The summed E-state index contributed by atoms with van der Waals surface area (Å²) in [6, 6.07) is 9.93. The number of carbonyl (C=O) groups excluding carboxylic acids is 1. The molecular weight excluding hydrogens is 264 g/mol. The van der Waals surface area contributed by atoms with Crippen LogP contribution in [0.25, 0.3) is 11.3 Å². The van der Waals surface area contributed by atoms with Crippen LogP contribution in [0.5, 0.6) is 0 Å². The van der Waals surface area contributed by atoms with E-state index in [9.17, 15) is 4.79 Å². The Balaban J connectivity index is 2.64. The van der Waals surface area contributed by atoms with E-state index < -0.39 is 0 Å². The Kier molecular flexibility index (Phi) is 4.68. The van der Waals surface area contributed by atoms with Crippen LogP contribution in [0.15, 0.2) is 30.3 Å². The maximum absolute atomic E-state index is 12.0. The fraction of sp³-hybridized carbons (Fsp3) is 0.353. The first-order chi connectivity index (χ1) is 10.1. The topological polar surface area (TPSA) is 57.2 Å². The van der Waals surface area contributed by atoms with Gasteiger partial charge in [-0.05, 0) is 13.3 Å². The van der Waals surface area contributed by atoms with Gasteiger partial charge in [0.25, 0.3) is 0 Å². The second-order valence-corrected chi connectivity index (χ2v) is 5.09. The van der Waals surface area contributed by atoms with E-state index in [2.05, 4.69) is 11.5 Å². The number of hydrogen-bond donors (Lipinski definition) is 1. The molecule has 1 aromatic heterocycles. The highest BCUT2D eigenvalue weighted by Crippen LogP contribution is 2.34. The lowest BCUT2D eigenvalue weighted by Crippen LogP contribution is -2.06. The molecule has 0 saturated heterocycles. The Labute approximate surface area is 125 Å². The zero-order valence-electron chi connectivity index (χ0n) is 12.8. The van der Waals surface area contributed by atoms with E-state index in [1.807, 2.05) is 37.3 Å². The van der Waals surface area contributed by atoms with Crippen LogP contribution in [0.2, 0.25) is 0 Å². The number of benzene rings is 1. The summed E-state index contributed by atoms with van der Waals surface area (Å²) in [7, 11) is 1.38. The lowest BCUT2D eigenvalue weighted by atomic mass is 10.1. The molecule has 0 aliphatic carbocycles. The highest BCUT2D eigenvalue weighted by molar-refractivity contribution is 6.00. The van der Waals surface area contributed by atoms with Crippen LogP contribution in [-0.4, -0.2) is 17.6 Å². The van der Waals surface area contributed by atoms with Crippen molar-refractivity contribution in [3.05, 3.63) is 41.6 Å². The number of carbonyl (C=O) groups is 1. The van der Waals surface area contributed by atoms with Crippen molar-refractivity contribution >= 4 is 11.7 Å². The minimum Gasteiger partial charge on any atom is -0.465 e. The van der Waals surface area contributed by atoms with Gasteiger partial charge in [-0.3, -0.25) is 0 Å². The van der Waals surface area contributed by atoms with E-state index in [0.29, 0.717) is 11.3 Å². The van der Waals surface area contributed by atoms with Gasteiger partial charge in [-0.1, -0.05) is 43.7 Å². The molecule has 0 radical (unpaired) electrons. The molecule has 4 nitrogen and oxygen atoms in total. The predicted octanol–water partition coefficient (Wildman–Crippen LogP) is 3.63. The Morgan fingerprint density at radius 2 is 1.95 bits per heavy atom. The third-order valence-electron chi connectivity index (χ3n) is 3.73. The number of aromatic nitrogens is 1. The Bertz CT molecular complexity index is 630. The molecule has 1 aromatic carbocycles. The molecule has 0 aliphatic rings. The fourth-order valence-electron chi connectivity index (χ4n) is 2.62. The zero-order valence-corrected chi connectivity index (χ0v) is 12.8. The summed E-state index contributed by atoms with van der Waals surface area (Å²) in [5.41, 5.74) is 10.0. The van der Waals surface area contributed by atoms with Crippen LogP contribution >= 0.6 is 0 Å². The SMILES string of the molecule is CCCCn1c(C)c(C(=O)OC)c(N)c1-c1ccccc1. The summed E-state index contributed by atoms with van der Waals surface area (Å²) in [4.78, 5) is 12.0. The van der Waals surface area contributed by atoms with Crippen molar-refractivity contribution in [2.24, 2.45) is 0 Å². The number of esters is 1. The highest BCUT2D eigenvalue weighted by Gasteiger charge is 2.24. The molecular formula is C17H22N2O2. The van der Waals surface area contributed by atoms with Crippen LogP contribution < -0.4 is 5.73 Å². The molecule has 4 heteroatoms. The van der Waals surface area contributed by atoms with Gasteiger partial charge >= 0.3 is 5.97 Å².